The minimum atomic E-state index is -1.23. The van der Waals surface area contributed by atoms with Gasteiger partial charge in [-0.2, -0.15) is 0 Å². The number of hydrogen-bond acceptors (Lipinski definition) is 3. The summed E-state index contributed by atoms with van der Waals surface area (Å²) >= 11 is 12.5. The number of rotatable bonds is 3. The van der Waals surface area contributed by atoms with Crippen molar-refractivity contribution in [1.29, 1.82) is 0 Å². The van der Waals surface area contributed by atoms with Crippen LogP contribution in [0.4, 0.5) is 0 Å². The Morgan fingerprint density at radius 2 is 1.45 bits per heavy atom. The molecule has 1 aliphatic rings. The van der Waals surface area contributed by atoms with Gasteiger partial charge in [0.05, 0.1) is 10.8 Å². The van der Waals surface area contributed by atoms with Gasteiger partial charge >= 0.3 is 0 Å². The van der Waals surface area contributed by atoms with E-state index in [-0.39, 0.29) is 17.3 Å². The molecule has 0 aromatic heterocycles. The average Bonchev–Trinajstić information content (AvgIpc) is 2.68. The summed E-state index contributed by atoms with van der Waals surface area (Å²) in [5, 5.41) is 1.07. The molecule has 0 saturated heterocycles. The maximum absolute atomic E-state index is 13.3. The van der Waals surface area contributed by atoms with Crippen LogP contribution in [-0.4, -0.2) is 17.3 Å². The monoisotopic (exact) mass is 430 g/mol. The van der Waals surface area contributed by atoms with Crippen LogP contribution in [0, 0.1) is 10.8 Å². The van der Waals surface area contributed by atoms with Crippen LogP contribution in [0.5, 0.6) is 0 Å². The lowest BCUT2D eigenvalue weighted by atomic mass is 9.57. The summed E-state index contributed by atoms with van der Waals surface area (Å²) in [6, 6.07) is 10.9. The molecule has 0 atom stereocenters. The predicted octanol–water partition coefficient (Wildman–Crippen LogP) is 6.08. The zero-order valence-corrected chi connectivity index (χ0v) is 18.7. The summed E-state index contributed by atoms with van der Waals surface area (Å²) < 4.78 is 0. The van der Waals surface area contributed by atoms with Crippen molar-refractivity contribution >= 4 is 40.6 Å². The third-order valence-electron chi connectivity index (χ3n) is 5.97. The van der Waals surface area contributed by atoms with Crippen LogP contribution in [0.2, 0.25) is 10.0 Å². The van der Waals surface area contributed by atoms with Crippen LogP contribution < -0.4 is 0 Å². The van der Waals surface area contributed by atoms with Crippen molar-refractivity contribution in [3.05, 3.63) is 57.6 Å². The normalized spacial score (nSPS) is 18.9. The van der Waals surface area contributed by atoms with Crippen LogP contribution in [0.3, 0.4) is 0 Å². The Bertz CT molecular complexity index is 1000. The topological polar surface area (TPSA) is 51.2 Å². The fourth-order valence-electron chi connectivity index (χ4n) is 4.20. The number of aryl methyl sites for hydroxylation is 1. The molecule has 0 aliphatic heterocycles. The molecular weight excluding hydrogens is 407 g/mol. The Kier molecular flexibility index (Phi) is 5.53. The summed E-state index contributed by atoms with van der Waals surface area (Å²) in [7, 11) is 0. The molecule has 0 N–H and O–H groups in total. The van der Waals surface area contributed by atoms with Crippen LogP contribution in [-0.2, 0) is 20.8 Å². The van der Waals surface area contributed by atoms with Crippen LogP contribution in [0.1, 0.15) is 51.7 Å². The van der Waals surface area contributed by atoms with Crippen molar-refractivity contribution in [2.75, 3.05) is 0 Å². The minimum Gasteiger partial charge on any atom is -0.298 e. The summed E-state index contributed by atoms with van der Waals surface area (Å²) in [6.07, 6.45) is 0.657. The number of halogens is 2. The number of benzene rings is 2. The van der Waals surface area contributed by atoms with Gasteiger partial charge < -0.3 is 0 Å². The molecule has 29 heavy (non-hydrogen) atoms. The molecule has 0 unspecified atom stereocenters. The van der Waals surface area contributed by atoms with E-state index in [0.717, 1.165) is 16.7 Å². The average molecular weight is 431 g/mol. The molecule has 0 bridgehead atoms. The zero-order valence-electron chi connectivity index (χ0n) is 17.2. The van der Waals surface area contributed by atoms with Crippen LogP contribution in [0.25, 0.3) is 11.1 Å². The van der Waals surface area contributed by atoms with Crippen molar-refractivity contribution in [3.63, 3.8) is 0 Å². The predicted molar refractivity (Wildman–Crippen MR) is 117 cm³/mol. The minimum absolute atomic E-state index is 0.330. The zero-order chi connectivity index (χ0) is 21.7. The maximum Gasteiger partial charge on any atom is 0.160 e. The van der Waals surface area contributed by atoms with E-state index in [1.165, 1.54) is 0 Å². The second-order valence-corrected chi connectivity index (χ2v) is 9.48. The van der Waals surface area contributed by atoms with E-state index in [1.54, 1.807) is 45.9 Å². The van der Waals surface area contributed by atoms with E-state index in [2.05, 4.69) is 0 Å². The first-order valence-corrected chi connectivity index (χ1v) is 10.4. The third-order valence-corrected chi connectivity index (χ3v) is 6.53. The fourth-order valence-corrected chi connectivity index (χ4v) is 4.60. The first kappa shape index (κ1) is 21.7. The lowest BCUT2D eigenvalue weighted by Crippen LogP contribution is -2.56. The molecular formula is C24H24Cl2O3. The second-order valence-electron chi connectivity index (χ2n) is 8.63. The van der Waals surface area contributed by atoms with Gasteiger partial charge in [0.15, 0.2) is 17.3 Å². The molecule has 1 fully saturated rings. The highest BCUT2D eigenvalue weighted by atomic mass is 35.5. The largest absolute Gasteiger partial charge is 0.298 e. The molecule has 0 heterocycles. The summed E-state index contributed by atoms with van der Waals surface area (Å²) in [5.74, 6) is -2.01. The van der Waals surface area contributed by atoms with Gasteiger partial charge in [-0.05, 0) is 75.1 Å². The molecule has 5 heteroatoms. The van der Waals surface area contributed by atoms with E-state index < -0.39 is 16.7 Å². The van der Waals surface area contributed by atoms with Gasteiger partial charge in [0, 0.05) is 15.6 Å². The van der Waals surface area contributed by atoms with E-state index in [4.69, 9.17) is 23.2 Å². The highest BCUT2D eigenvalue weighted by Gasteiger charge is 2.58. The Hall–Kier alpha value is -1.97. The van der Waals surface area contributed by atoms with E-state index in [9.17, 15) is 14.4 Å². The summed E-state index contributed by atoms with van der Waals surface area (Å²) in [6.45, 7) is 8.43. The van der Waals surface area contributed by atoms with Gasteiger partial charge in [0.25, 0.3) is 0 Å². The van der Waals surface area contributed by atoms with Crippen molar-refractivity contribution < 1.29 is 14.4 Å². The van der Waals surface area contributed by atoms with Gasteiger partial charge in [0.2, 0.25) is 0 Å². The first-order chi connectivity index (χ1) is 13.4. The Morgan fingerprint density at radius 3 is 2.00 bits per heavy atom. The lowest BCUT2D eigenvalue weighted by molar-refractivity contribution is -0.157. The van der Waals surface area contributed by atoms with Crippen molar-refractivity contribution in [2.24, 2.45) is 10.8 Å². The van der Waals surface area contributed by atoms with Crippen LogP contribution in [0.15, 0.2) is 36.4 Å². The Morgan fingerprint density at radius 1 is 0.862 bits per heavy atom. The van der Waals surface area contributed by atoms with Gasteiger partial charge in [0.1, 0.15) is 5.92 Å². The van der Waals surface area contributed by atoms with Crippen molar-refractivity contribution in [3.8, 4) is 11.1 Å². The first-order valence-electron chi connectivity index (χ1n) is 9.64. The molecule has 3 nitrogen and oxygen atoms in total. The molecule has 152 valence electrons. The molecule has 3 rings (SSSR count). The number of carbonyl (C=O) groups is 3. The maximum atomic E-state index is 13.3. The Labute approximate surface area is 181 Å². The van der Waals surface area contributed by atoms with Crippen molar-refractivity contribution in [1.82, 2.24) is 0 Å². The number of carbonyl (C=O) groups excluding carboxylic acids is 3. The summed E-state index contributed by atoms with van der Waals surface area (Å²) in [4.78, 5) is 39.4. The molecule has 0 amide bonds. The lowest BCUT2D eigenvalue weighted by Gasteiger charge is -2.41. The molecule has 1 saturated carbocycles. The molecule has 0 radical (unpaired) electrons. The van der Waals surface area contributed by atoms with Crippen LogP contribution >= 0.6 is 23.2 Å². The SMILES string of the molecule is CCc1ccc(-c2cc(Cl)ccc2Cl)cc1C1C(=O)C(C)(C)C(=O)C(C)(C)C1=O. The van der Waals surface area contributed by atoms with Gasteiger partial charge in [-0.25, -0.2) is 0 Å². The highest BCUT2D eigenvalue weighted by molar-refractivity contribution is 6.35. The third kappa shape index (κ3) is 3.45. The number of Topliss-reactive ketones (excluding diaryl/α,β-unsaturated/α-hetero) is 3. The van der Waals surface area contributed by atoms with Gasteiger partial charge in [-0.15, -0.1) is 0 Å². The Balaban J connectivity index is 2.24. The van der Waals surface area contributed by atoms with Gasteiger partial charge in [-0.3, -0.25) is 14.4 Å². The van der Waals surface area contributed by atoms with Gasteiger partial charge in [-0.1, -0.05) is 42.3 Å². The van der Waals surface area contributed by atoms with E-state index >= 15 is 0 Å². The number of ketones is 3. The quantitative estimate of drug-likeness (QED) is 0.554. The molecule has 2 aromatic carbocycles. The highest BCUT2D eigenvalue weighted by Crippen LogP contribution is 2.46. The molecule has 1 aliphatic carbocycles. The number of hydrogen-bond donors (Lipinski definition) is 0. The second kappa shape index (κ2) is 7.37. The van der Waals surface area contributed by atoms with E-state index in [1.807, 2.05) is 25.1 Å². The smallest absolute Gasteiger partial charge is 0.160 e. The standard InChI is InChI=1S/C24H24Cl2O3/c1-6-13-7-8-14(16-12-15(25)9-10-18(16)26)11-17(13)19-20(27)23(2,3)22(29)24(4,5)21(19)28/h7-12,19H,6H2,1-5H3. The summed E-state index contributed by atoms with van der Waals surface area (Å²) in [5.41, 5.74) is 0.601. The molecule has 0 spiro atoms. The van der Waals surface area contributed by atoms with E-state index in [0.29, 0.717) is 22.0 Å². The molecule has 2 aromatic rings. The fraction of sp³-hybridized carbons (Fsp3) is 0.375. The van der Waals surface area contributed by atoms with Crippen molar-refractivity contribution in [2.45, 2.75) is 47.0 Å².